The molecule has 0 radical (unpaired) electrons. The number of nitriles is 1. The first kappa shape index (κ1) is 8.08. The Morgan fingerprint density at radius 2 is 2.00 bits per heavy atom. The highest BCUT2D eigenvalue weighted by atomic mass is 16.3. The molecular weight excluding hydrogens is 154 g/mol. The molecule has 0 aliphatic rings. The molecule has 1 aromatic carbocycles. The Balaban J connectivity index is 2.95. The predicted octanol–water partition coefficient (Wildman–Crippen LogP) is -0.135. The van der Waals surface area contributed by atoms with Crippen LogP contribution >= 0.6 is 0 Å². The molecule has 0 aromatic heterocycles. The van der Waals surface area contributed by atoms with Gasteiger partial charge in [0.05, 0.1) is 23.3 Å². The summed E-state index contributed by atoms with van der Waals surface area (Å²) in [6, 6.07) is 7.47. The second kappa shape index (κ2) is 3.39. The van der Waals surface area contributed by atoms with Gasteiger partial charge in [-0.15, -0.1) is 0 Å². The molecular formula is C8H6N3O-. The van der Waals surface area contributed by atoms with Gasteiger partial charge < -0.3 is 10.8 Å². The Kier molecular flexibility index (Phi) is 2.29. The monoisotopic (exact) mass is 160 g/mol. The zero-order chi connectivity index (χ0) is 8.97. The summed E-state index contributed by atoms with van der Waals surface area (Å²) in [5, 5.41) is 18.8. The fraction of sp³-hybridized carbons (Fsp3) is 0. The largest absolute Gasteiger partial charge is 0.846 e. The summed E-state index contributed by atoms with van der Waals surface area (Å²) in [6.07, 6.45) is 0. The summed E-state index contributed by atoms with van der Waals surface area (Å²) in [7, 11) is 0. The van der Waals surface area contributed by atoms with Gasteiger partial charge in [-0.25, -0.2) is 4.99 Å². The molecule has 0 fully saturated rings. The molecule has 2 N–H and O–H groups in total. The highest BCUT2D eigenvalue weighted by Gasteiger charge is 1.89. The molecule has 60 valence electrons. The molecule has 4 nitrogen and oxygen atoms in total. The van der Waals surface area contributed by atoms with Gasteiger partial charge in [0, 0.05) is 0 Å². The Bertz CT molecular complexity index is 330. The zero-order valence-corrected chi connectivity index (χ0v) is 6.19. The second-order valence-corrected chi connectivity index (χ2v) is 2.11. The molecule has 0 saturated heterocycles. The minimum Gasteiger partial charge on any atom is -0.846 e. The van der Waals surface area contributed by atoms with Crippen molar-refractivity contribution in [3.05, 3.63) is 29.8 Å². The Hall–Kier alpha value is -2.02. The van der Waals surface area contributed by atoms with Crippen LogP contribution in [0.2, 0.25) is 0 Å². The molecule has 0 atom stereocenters. The average molecular weight is 160 g/mol. The Labute approximate surface area is 69.6 Å². The van der Waals surface area contributed by atoms with E-state index in [-0.39, 0.29) is 0 Å². The van der Waals surface area contributed by atoms with Crippen LogP contribution in [0.4, 0.5) is 5.69 Å². The van der Waals surface area contributed by atoms with Crippen LogP contribution < -0.4 is 10.8 Å². The maximum absolute atomic E-state index is 10.3. The van der Waals surface area contributed by atoms with Crippen molar-refractivity contribution < 1.29 is 5.11 Å². The number of hydrogen-bond donors (Lipinski definition) is 1. The normalized spacial score (nSPS) is 10.8. The lowest BCUT2D eigenvalue weighted by Crippen LogP contribution is -2.26. The van der Waals surface area contributed by atoms with Crippen LogP contribution in [0.1, 0.15) is 5.56 Å². The summed E-state index contributed by atoms with van der Waals surface area (Å²) in [5.74, 6) is 0. The summed E-state index contributed by atoms with van der Waals surface area (Å²) < 4.78 is 0. The number of benzene rings is 1. The molecule has 1 rings (SSSR count). The van der Waals surface area contributed by atoms with Crippen LogP contribution in [0.25, 0.3) is 0 Å². The standard InChI is InChI=1S/C8H7N3O/c9-5-6-1-3-7(4-2-6)11-8(10)12/h1-4H,(H3,10,11,12)/p-1. The third-order valence-electron chi connectivity index (χ3n) is 1.24. The highest BCUT2D eigenvalue weighted by molar-refractivity contribution is 5.70. The minimum absolute atomic E-state index is 0.460. The van der Waals surface area contributed by atoms with Gasteiger partial charge in [-0.05, 0) is 24.3 Å². The molecule has 4 heteroatoms. The molecule has 0 unspecified atom stereocenters. The van der Waals surface area contributed by atoms with E-state index in [9.17, 15) is 5.11 Å². The molecule has 0 aliphatic carbocycles. The van der Waals surface area contributed by atoms with Crippen molar-refractivity contribution in [2.45, 2.75) is 0 Å². The fourth-order valence-corrected chi connectivity index (χ4v) is 0.738. The maximum atomic E-state index is 10.3. The maximum Gasteiger partial charge on any atom is 0.0991 e. The molecule has 1 aromatic rings. The van der Waals surface area contributed by atoms with Crippen LogP contribution in [0.3, 0.4) is 0 Å². The summed E-state index contributed by atoms with van der Waals surface area (Å²) in [4.78, 5) is 3.46. The highest BCUT2D eigenvalue weighted by Crippen LogP contribution is 2.11. The van der Waals surface area contributed by atoms with Gasteiger partial charge in [-0.2, -0.15) is 5.26 Å². The van der Waals surface area contributed by atoms with Crippen molar-refractivity contribution in [3.8, 4) is 6.07 Å². The van der Waals surface area contributed by atoms with Crippen LogP contribution in [-0.2, 0) is 0 Å². The Morgan fingerprint density at radius 1 is 1.42 bits per heavy atom. The van der Waals surface area contributed by atoms with E-state index in [2.05, 4.69) is 4.99 Å². The van der Waals surface area contributed by atoms with E-state index in [1.807, 2.05) is 6.07 Å². The first-order valence-corrected chi connectivity index (χ1v) is 3.23. The van der Waals surface area contributed by atoms with E-state index in [1.54, 1.807) is 24.3 Å². The zero-order valence-electron chi connectivity index (χ0n) is 6.19. The first-order chi connectivity index (χ1) is 5.72. The topological polar surface area (TPSA) is 85.2 Å². The number of amidine groups is 1. The van der Waals surface area contributed by atoms with Crippen molar-refractivity contribution in [3.63, 3.8) is 0 Å². The lowest BCUT2D eigenvalue weighted by atomic mass is 10.2. The summed E-state index contributed by atoms with van der Waals surface area (Å²) in [6.45, 7) is 0. The number of rotatable bonds is 1. The molecule has 0 aliphatic heterocycles. The SMILES string of the molecule is N#Cc1ccc(N=C(N)[O-])cc1. The quantitative estimate of drug-likeness (QED) is 0.458. The van der Waals surface area contributed by atoms with E-state index in [0.29, 0.717) is 11.3 Å². The first-order valence-electron chi connectivity index (χ1n) is 3.23. The molecule has 0 spiro atoms. The van der Waals surface area contributed by atoms with E-state index in [1.165, 1.54) is 0 Å². The molecule has 0 saturated carbocycles. The van der Waals surface area contributed by atoms with Gasteiger partial charge in [0.2, 0.25) is 0 Å². The summed E-state index contributed by atoms with van der Waals surface area (Å²) in [5.41, 5.74) is 5.81. The van der Waals surface area contributed by atoms with Crippen LogP contribution in [0, 0.1) is 11.3 Å². The van der Waals surface area contributed by atoms with E-state index in [4.69, 9.17) is 11.0 Å². The minimum atomic E-state index is -0.736. The number of aliphatic imine (C=N–C) groups is 1. The van der Waals surface area contributed by atoms with Gasteiger partial charge in [-0.3, -0.25) is 0 Å². The van der Waals surface area contributed by atoms with Crippen LogP contribution in [-0.4, -0.2) is 6.02 Å². The lowest BCUT2D eigenvalue weighted by Gasteiger charge is -2.01. The van der Waals surface area contributed by atoms with Gasteiger partial charge in [0.25, 0.3) is 0 Å². The molecule has 0 bridgehead atoms. The van der Waals surface area contributed by atoms with Gasteiger partial charge in [0.1, 0.15) is 0 Å². The molecule has 0 amide bonds. The van der Waals surface area contributed by atoms with Gasteiger partial charge in [0.15, 0.2) is 0 Å². The lowest BCUT2D eigenvalue weighted by molar-refractivity contribution is -0.217. The van der Waals surface area contributed by atoms with Crippen molar-refractivity contribution >= 4 is 11.7 Å². The van der Waals surface area contributed by atoms with E-state index < -0.39 is 6.02 Å². The van der Waals surface area contributed by atoms with Gasteiger partial charge in [-0.1, -0.05) is 0 Å². The van der Waals surface area contributed by atoms with Crippen LogP contribution in [0.15, 0.2) is 29.3 Å². The third kappa shape index (κ3) is 1.99. The Morgan fingerprint density at radius 3 is 2.42 bits per heavy atom. The third-order valence-corrected chi connectivity index (χ3v) is 1.24. The van der Waals surface area contributed by atoms with Gasteiger partial charge >= 0.3 is 0 Å². The second-order valence-electron chi connectivity index (χ2n) is 2.11. The van der Waals surface area contributed by atoms with E-state index >= 15 is 0 Å². The molecule has 0 heterocycles. The average Bonchev–Trinajstić information content (AvgIpc) is 2.05. The smallest absolute Gasteiger partial charge is 0.0991 e. The van der Waals surface area contributed by atoms with Crippen molar-refractivity contribution in [1.29, 1.82) is 5.26 Å². The number of hydrogen-bond acceptors (Lipinski definition) is 3. The summed E-state index contributed by atoms with van der Waals surface area (Å²) >= 11 is 0. The van der Waals surface area contributed by atoms with Crippen molar-refractivity contribution in [2.75, 3.05) is 0 Å². The van der Waals surface area contributed by atoms with Crippen LogP contribution in [0.5, 0.6) is 0 Å². The van der Waals surface area contributed by atoms with Crippen molar-refractivity contribution in [1.82, 2.24) is 0 Å². The predicted molar refractivity (Wildman–Crippen MR) is 42.4 cm³/mol. The van der Waals surface area contributed by atoms with E-state index in [0.717, 1.165) is 0 Å². The number of nitrogens with two attached hydrogens (primary N) is 1. The molecule has 12 heavy (non-hydrogen) atoms. The van der Waals surface area contributed by atoms with Crippen molar-refractivity contribution in [2.24, 2.45) is 10.7 Å². The fourth-order valence-electron chi connectivity index (χ4n) is 0.738. The number of nitrogens with zero attached hydrogens (tertiary/aromatic N) is 2.